The van der Waals surface area contributed by atoms with Crippen LogP contribution >= 0.6 is 11.6 Å². The van der Waals surface area contributed by atoms with Crippen molar-refractivity contribution in [3.8, 4) is 5.75 Å². The lowest BCUT2D eigenvalue weighted by molar-refractivity contribution is -0.160. The number of methoxy groups -OCH3 is 1. The molecule has 2 aliphatic heterocycles. The van der Waals surface area contributed by atoms with Gasteiger partial charge in [0.1, 0.15) is 65.7 Å². The number of halogens is 4. The summed E-state index contributed by atoms with van der Waals surface area (Å²) in [6.45, 7) is 13.6. The number of aryl methyl sites for hydroxylation is 2. The molecule has 1 saturated carbocycles. The van der Waals surface area contributed by atoms with Crippen molar-refractivity contribution < 1.29 is 75.4 Å². The van der Waals surface area contributed by atoms with Gasteiger partial charge in [0.15, 0.2) is 0 Å². The van der Waals surface area contributed by atoms with E-state index < -0.39 is 172 Å². The summed E-state index contributed by atoms with van der Waals surface area (Å²) < 4.78 is 47.4. The van der Waals surface area contributed by atoms with Crippen LogP contribution < -0.4 is 20.7 Å². The van der Waals surface area contributed by atoms with Gasteiger partial charge in [0, 0.05) is 82.8 Å². The Kier molecular flexibility index (Phi) is 30.2. The average Bonchev–Trinajstić information content (AvgIpc) is 1.46. The summed E-state index contributed by atoms with van der Waals surface area (Å²) in [5.74, 6) is -9.56. The van der Waals surface area contributed by atoms with E-state index in [2.05, 4.69) is 16.0 Å². The summed E-state index contributed by atoms with van der Waals surface area (Å²) in [5.41, 5.74) is -0.516. The molecule has 3 aromatic rings. The summed E-state index contributed by atoms with van der Waals surface area (Å²) in [4.78, 5) is 192. The number of carbonyl (C=O) groups excluding carboxylic acids is 12. The maximum absolute atomic E-state index is 15.7. The third kappa shape index (κ3) is 20.7. The van der Waals surface area contributed by atoms with Crippen LogP contribution in [0.3, 0.4) is 0 Å². The van der Waals surface area contributed by atoms with Gasteiger partial charge < -0.3 is 64.8 Å². The fraction of sp³-hybridized carbons (Fsp3) is 0.610. The largest absolute Gasteiger partial charge is 0.497 e. The van der Waals surface area contributed by atoms with Crippen LogP contribution in [0, 0.1) is 24.7 Å². The second-order valence-corrected chi connectivity index (χ2v) is 30.2. The maximum Gasteiger partial charge on any atom is 0.417 e. The molecule has 0 radical (unpaired) electrons. The van der Waals surface area contributed by atoms with Gasteiger partial charge in [-0.2, -0.15) is 13.2 Å². The van der Waals surface area contributed by atoms with E-state index in [0.29, 0.717) is 42.6 Å². The Bertz CT molecular complexity index is 3670. The molecule has 3 aromatic carbocycles. The predicted octanol–water partition coefficient (Wildman–Crippen LogP) is 6.16. The molecule has 584 valence electrons. The van der Waals surface area contributed by atoms with Crippen molar-refractivity contribution in [2.45, 2.75) is 205 Å². The van der Waals surface area contributed by atoms with E-state index in [1.165, 1.54) is 113 Å². The molecule has 12 amide bonds. The Morgan fingerprint density at radius 3 is 1.75 bits per heavy atom. The Morgan fingerprint density at radius 2 is 1.23 bits per heavy atom. The molecule has 0 bridgehead atoms. The highest BCUT2D eigenvalue weighted by Crippen LogP contribution is 2.37. The lowest BCUT2D eigenvalue weighted by atomic mass is 9.90. The number of hydrogen-bond acceptors (Lipinski definition) is 13. The number of carbonyl (C=O) groups is 12. The van der Waals surface area contributed by atoms with Gasteiger partial charge in [-0.15, -0.1) is 0 Å². The van der Waals surface area contributed by atoms with E-state index in [4.69, 9.17) is 16.3 Å². The van der Waals surface area contributed by atoms with Crippen molar-refractivity contribution in [3.63, 3.8) is 0 Å². The predicted molar refractivity (Wildman–Crippen MR) is 394 cm³/mol. The smallest absolute Gasteiger partial charge is 0.417 e. The topological polar surface area (TPSA) is 279 Å². The van der Waals surface area contributed by atoms with Gasteiger partial charge in [0.05, 0.1) is 30.7 Å². The SMILES string of the molecule is CC[C@H](C)[C@@H]1NC(=O)[C@H](CC(C)C)N(C)C(=O)C[C@@H](C(=O)N(C)C)N(C)C(=O)[C@H]([C@@H](C)CC)N(C)C(=O)C2(CCCC2)NC(=O)[C@H](Cc2ccc(OC)cc2)N(C)C(=O)[C@H](CCc2ccc(C(F)(F)F)c(Cl)c2)NC(=O)CN(C)C(=O)[C@H](Cc2ccc(C)cc2)N(C)C(=O)[C@@H]2CCN2C(=O)[C@H](C)N(C)C1=O. The molecule has 3 N–H and O–H groups in total. The highest BCUT2D eigenvalue weighted by atomic mass is 35.5. The van der Waals surface area contributed by atoms with E-state index in [0.717, 1.165) is 32.4 Å². The van der Waals surface area contributed by atoms with Crippen LogP contribution in [0.2, 0.25) is 5.02 Å². The normalized spacial score (nSPS) is 24.6. The van der Waals surface area contributed by atoms with Crippen LogP contribution in [-0.4, -0.2) is 259 Å². The Morgan fingerprint density at radius 1 is 0.660 bits per heavy atom. The minimum Gasteiger partial charge on any atom is -0.497 e. The highest BCUT2D eigenvalue weighted by Gasteiger charge is 2.51. The van der Waals surface area contributed by atoms with Gasteiger partial charge in [0.25, 0.3) is 0 Å². The molecule has 1 spiro atoms. The minimum absolute atomic E-state index is 0.0701. The molecule has 2 heterocycles. The number of rotatable bonds is 15. The second kappa shape index (κ2) is 37.1. The van der Waals surface area contributed by atoms with Gasteiger partial charge >= 0.3 is 6.18 Å². The zero-order valence-corrected chi connectivity index (χ0v) is 65.5. The van der Waals surface area contributed by atoms with Crippen molar-refractivity contribution in [3.05, 3.63) is 99.6 Å². The number of fused-ring (bicyclic) bond motifs is 1. The second-order valence-electron chi connectivity index (χ2n) is 29.7. The molecule has 1 aliphatic carbocycles. The highest BCUT2D eigenvalue weighted by molar-refractivity contribution is 6.31. The maximum atomic E-state index is 15.7. The first kappa shape index (κ1) is 86.1. The summed E-state index contributed by atoms with van der Waals surface area (Å²) in [5, 5.41) is 8.06. The zero-order valence-electron chi connectivity index (χ0n) is 64.7. The molecule has 0 aromatic heterocycles. The molecule has 3 fully saturated rings. The van der Waals surface area contributed by atoms with Gasteiger partial charge in [-0.3, -0.25) is 57.5 Å². The van der Waals surface area contributed by atoms with E-state index in [9.17, 15) is 46.7 Å². The Balaban J connectivity index is 1.51. The lowest BCUT2D eigenvalue weighted by Gasteiger charge is -2.45. The molecule has 25 nitrogen and oxygen atoms in total. The van der Waals surface area contributed by atoms with Crippen LogP contribution in [0.4, 0.5) is 13.2 Å². The molecular weight excluding hydrogens is 1390 g/mol. The van der Waals surface area contributed by atoms with Crippen molar-refractivity contribution in [2.75, 3.05) is 83.6 Å². The van der Waals surface area contributed by atoms with Gasteiger partial charge in [-0.1, -0.05) is 127 Å². The Labute approximate surface area is 626 Å². The third-order valence-corrected chi connectivity index (χ3v) is 21.9. The number of likely N-dealkylation sites (N-methyl/N-ethyl adjacent to an activating group) is 8. The van der Waals surface area contributed by atoms with E-state index >= 15 is 24.0 Å². The van der Waals surface area contributed by atoms with Crippen LogP contribution in [0.1, 0.15) is 140 Å². The van der Waals surface area contributed by atoms with Crippen molar-refractivity contribution in [2.24, 2.45) is 17.8 Å². The van der Waals surface area contributed by atoms with Crippen LogP contribution in [0.15, 0.2) is 66.7 Å². The van der Waals surface area contributed by atoms with Crippen LogP contribution in [0.25, 0.3) is 0 Å². The minimum atomic E-state index is -4.80. The quantitative estimate of drug-likeness (QED) is 0.154. The summed E-state index contributed by atoms with van der Waals surface area (Å²) >= 11 is 6.20. The number of alkyl halides is 3. The molecule has 106 heavy (non-hydrogen) atoms. The zero-order chi connectivity index (χ0) is 79.3. The Hall–Kier alpha value is -8.82. The monoisotopic (exact) mass is 1500 g/mol. The number of nitrogens with one attached hydrogen (secondary N) is 3. The van der Waals surface area contributed by atoms with Gasteiger partial charge in [-0.05, 0) is 111 Å². The number of nitrogens with zero attached hydrogens (tertiary/aromatic N) is 9. The average molecular weight is 1500 g/mol. The van der Waals surface area contributed by atoms with Gasteiger partial charge in [0.2, 0.25) is 70.9 Å². The molecule has 29 heteroatoms. The fourth-order valence-corrected chi connectivity index (χ4v) is 14.4. The third-order valence-electron chi connectivity index (χ3n) is 21.6. The standard InChI is InChI=1S/C77H110ClF3N12O13/c1-19-47(6)64-73(103)87(12)49(8)68(98)93-38-35-57(93)72(102)90(15)60(42-51-25-23-46(5)24-26-51)71(101)86(11)44-62(94)82-56(34-30-50-29-33-54(55(78)40-50)77(79,80)81)69(99)89(14)59(41-52-27-31-53(106-18)32-28-52)67(97)84-76(36-21-22-37-76)75(105)92(17)65(48(7)20-2)74(104)91(16)61(70(100)85(9)10)43-63(95)88(13)58(39-45(3)4)66(96)83-64/h23-29,31-33,40,45,47-49,56-61,64-65H,19-22,30,34-39,41-44H2,1-18H3,(H,82,94)(H,83,96)(H,84,97)/t47-,48-,49-,56-,57-,58-,59-,60-,61-,64-,65-/m0/s1. The molecule has 11 atom stereocenters. The summed E-state index contributed by atoms with van der Waals surface area (Å²) in [6, 6.07) is 4.94. The number of benzene rings is 3. The lowest BCUT2D eigenvalue weighted by Crippen LogP contribution is -2.65. The summed E-state index contributed by atoms with van der Waals surface area (Å²) in [6.07, 6.45) is -4.16. The number of amides is 12. The van der Waals surface area contributed by atoms with E-state index in [-0.39, 0.29) is 69.4 Å². The molecule has 6 rings (SSSR count). The van der Waals surface area contributed by atoms with Crippen molar-refractivity contribution >= 4 is 82.5 Å². The van der Waals surface area contributed by atoms with Crippen molar-refractivity contribution in [1.29, 1.82) is 0 Å². The van der Waals surface area contributed by atoms with Gasteiger partial charge in [-0.25, -0.2) is 0 Å². The van der Waals surface area contributed by atoms with Crippen LogP contribution in [-0.2, 0) is 83.0 Å². The molecule has 3 aliphatic rings. The molecular formula is C77H110ClF3N12O13. The number of hydrogen-bond donors (Lipinski definition) is 3. The molecule has 2 saturated heterocycles. The van der Waals surface area contributed by atoms with Crippen molar-refractivity contribution in [1.82, 2.24) is 60.0 Å². The van der Waals surface area contributed by atoms with E-state index in [1.54, 1.807) is 50.2 Å². The first-order valence-corrected chi connectivity index (χ1v) is 36.8. The first-order chi connectivity index (χ1) is 49.6. The summed E-state index contributed by atoms with van der Waals surface area (Å²) in [7, 11) is 14.0. The first-order valence-electron chi connectivity index (χ1n) is 36.5. The number of ether oxygens (including phenoxy) is 1. The molecule has 0 unspecified atom stereocenters. The fourth-order valence-electron chi connectivity index (χ4n) is 14.1. The van der Waals surface area contributed by atoms with E-state index in [1.807, 2.05) is 46.8 Å². The van der Waals surface area contributed by atoms with Crippen LogP contribution in [0.5, 0.6) is 5.75 Å².